The number of aromatic nitrogens is 1. The summed E-state index contributed by atoms with van der Waals surface area (Å²) in [6.07, 6.45) is -4.39. The topological polar surface area (TPSA) is 77.7 Å². The average Bonchev–Trinajstić information content (AvgIpc) is 3.21. The predicted octanol–water partition coefficient (Wildman–Crippen LogP) is 4.12. The molecule has 2 aromatic carbocycles. The fourth-order valence-corrected chi connectivity index (χ4v) is 4.17. The van der Waals surface area contributed by atoms with E-state index in [2.05, 4.69) is 10.3 Å². The highest BCUT2D eigenvalue weighted by atomic mass is 19.4. The number of benzene rings is 2. The van der Waals surface area contributed by atoms with Crippen LogP contribution in [0.5, 0.6) is 0 Å². The largest absolute Gasteiger partial charge is 0.464 e. The number of alkyl halides is 3. The van der Waals surface area contributed by atoms with Crippen molar-refractivity contribution >= 4 is 34.2 Å². The number of hydrogen-bond acceptors (Lipinski definition) is 5. The third-order valence-electron chi connectivity index (χ3n) is 6.12. The minimum atomic E-state index is -4.39. The summed E-state index contributed by atoms with van der Waals surface area (Å²) < 4.78 is 44.0. The molecule has 0 radical (unpaired) electrons. The van der Waals surface area contributed by atoms with Crippen molar-refractivity contribution in [1.82, 2.24) is 9.88 Å². The van der Waals surface area contributed by atoms with Crippen molar-refractivity contribution in [3.05, 3.63) is 59.8 Å². The van der Waals surface area contributed by atoms with Crippen molar-refractivity contribution in [1.29, 1.82) is 0 Å². The van der Waals surface area contributed by atoms with Crippen LogP contribution in [0.1, 0.15) is 23.0 Å². The highest BCUT2D eigenvalue weighted by Crippen LogP contribution is 2.32. The Morgan fingerprint density at radius 2 is 1.76 bits per heavy atom. The zero-order chi connectivity index (χ0) is 24.5. The van der Waals surface area contributed by atoms with Crippen LogP contribution in [-0.2, 0) is 15.7 Å². The molecule has 0 bridgehead atoms. The SMILES string of the molecule is COC(=O)c1[nH]c2ccccc2c1NC(=O)[C@@H](C)N1CCN(c2cccc(C(F)(F)F)c2)CC1. The van der Waals surface area contributed by atoms with Gasteiger partial charge in [-0.3, -0.25) is 9.69 Å². The number of para-hydroxylation sites is 1. The van der Waals surface area contributed by atoms with E-state index in [4.69, 9.17) is 4.74 Å². The van der Waals surface area contributed by atoms with Gasteiger partial charge in [0.1, 0.15) is 5.69 Å². The number of nitrogens with one attached hydrogen (secondary N) is 2. The first kappa shape index (κ1) is 23.6. The first-order valence-electron chi connectivity index (χ1n) is 10.8. The number of fused-ring (bicyclic) bond motifs is 1. The fraction of sp³-hybridized carbons (Fsp3) is 0.333. The number of carbonyl (C=O) groups excluding carboxylic acids is 2. The molecule has 1 aliphatic heterocycles. The summed E-state index contributed by atoms with van der Waals surface area (Å²) in [5.74, 6) is -0.878. The number of aromatic amines is 1. The molecule has 0 spiro atoms. The van der Waals surface area contributed by atoms with Crippen molar-refractivity contribution < 1.29 is 27.5 Å². The maximum Gasteiger partial charge on any atom is 0.416 e. The van der Waals surface area contributed by atoms with Crippen molar-refractivity contribution in [3.63, 3.8) is 0 Å². The second-order valence-corrected chi connectivity index (χ2v) is 8.15. The molecule has 1 fully saturated rings. The van der Waals surface area contributed by atoms with Gasteiger partial charge in [-0.05, 0) is 31.2 Å². The number of halogens is 3. The Hall–Kier alpha value is -3.53. The Morgan fingerprint density at radius 1 is 1.06 bits per heavy atom. The van der Waals surface area contributed by atoms with Crippen LogP contribution in [0.15, 0.2) is 48.5 Å². The summed E-state index contributed by atoms with van der Waals surface area (Å²) in [5, 5.41) is 3.55. The quantitative estimate of drug-likeness (QED) is 0.544. The van der Waals surface area contributed by atoms with Gasteiger partial charge in [-0.1, -0.05) is 24.3 Å². The molecule has 0 saturated carbocycles. The molecule has 2 N–H and O–H groups in total. The lowest BCUT2D eigenvalue weighted by Crippen LogP contribution is -2.52. The Balaban J connectivity index is 1.44. The summed E-state index contributed by atoms with van der Waals surface area (Å²) in [5.41, 5.74) is 1.05. The van der Waals surface area contributed by atoms with Gasteiger partial charge in [-0.25, -0.2) is 4.79 Å². The van der Waals surface area contributed by atoms with E-state index in [1.165, 1.54) is 13.2 Å². The van der Waals surface area contributed by atoms with Crippen LogP contribution in [0.25, 0.3) is 10.9 Å². The number of ether oxygens (including phenoxy) is 1. The standard InChI is InChI=1S/C24H25F3N4O3/c1-15(22(32)29-20-18-8-3-4-9-19(18)28-21(20)23(33)34-2)30-10-12-31(13-11-30)17-7-5-6-16(14-17)24(25,26)27/h3-9,14-15,28H,10-13H2,1-2H3,(H,29,32)/t15-/m1/s1. The second-order valence-electron chi connectivity index (χ2n) is 8.15. The molecule has 7 nitrogen and oxygen atoms in total. The van der Waals surface area contributed by atoms with Crippen LogP contribution < -0.4 is 10.2 Å². The van der Waals surface area contributed by atoms with Gasteiger partial charge in [0.15, 0.2) is 0 Å². The number of carbonyl (C=O) groups is 2. The first-order valence-corrected chi connectivity index (χ1v) is 10.8. The van der Waals surface area contributed by atoms with Crippen molar-refractivity contribution in [2.45, 2.75) is 19.1 Å². The molecular formula is C24H25F3N4O3. The number of piperazine rings is 1. The molecular weight excluding hydrogens is 449 g/mol. The lowest BCUT2D eigenvalue weighted by molar-refractivity contribution is -0.137. The first-order chi connectivity index (χ1) is 16.2. The van der Waals surface area contributed by atoms with Gasteiger partial charge in [0.05, 0.1) is 24.4 Å². The van der Waals surface area contributed by atoms with Crippen LogP contribution in [0.3, 0.4) is 0 Å². The third kappa shape index (κ3) is 4.72. The Morgan fingerprint density at radius 3 is 2.44 bits per heavy atom. The smallest absolute Gasteiger partial charge is 0.416 e. The number of rotatable bonds is 5. The monoisotopic (exact) mass is 474 g/mol. The summed E-state index contributed by atoms with van der Waals surface area (Å²) in [6, 6.07) is 12.0. The molecule has 1 saturated heterocycles. The summed E-state index contributed by atoms with van der Waals surface area (Å²) in [6.45, 7) is 3.74. The van der Waals surface area contributed by atoms with Gasteiger partial charge in [0.2, 0.25) is 5.91 Å². The third-order valence-corrected chi connectivity index (χ3v) is 6.12. The minimum Gasteiger partial charge on any atom is -0.464 e. The van der Waals surface area contributed by atoms with E-state index in [0.717, 1.165) is 12.1 Å². The normalized spacial score (nSPS) is 15.9. The van der Waals surface area contributed by atoms with E-state index in [-0.39, 0.29) is 11.6 Å². The fourth-order valence-electron chi connectivity index (χ4n) is 4.17. The van der Waals surface area contributed by atoms with Crippen molar-refractivity contribution in [2.75, 3.05) is 43.5 Å². The summed E-state index contributed by atoms with van der Waals surface area (Å²) in [4.78, 5) is 32.1. The van der Waals surface area contributed by atoms with Gasteiger partial charge < -0.3 is 19.9 Å². The molecule has 0 unspecified atom stereocenters. The van der Waals surface area contributed by atoms with E-state index < -0.39 is 23.8 Å². The van der Waals surface area contributed by atoms with E-state index in [1.54, 1.807) is 25.1 Å². The number of nitrogens with zero attached hydrogens (tertiary/aromatic N) is 2. The average molecular weight is 474 g/mol. The molecule has 1 aromatic heterocycles. The van der Waals surface area contributed by atoms with Crippen LogP contribution in [0.4, 0.5) is 24.5 Å². The van der Waals surface area contributed by atoms with E-state index >= 15 is 0 Å². The molecule has 34 heavy (non-hydrogen) atoms. The molecule has 2 heterocycles. The molecule has 1 atom stereocenters. The molecule has 3 aromatic rings. The van der Waals surface area contributed by atoms with Gasteiger partial charge in [0.25, 0.3) is 0 Å². The number of methoxy groups -OCH3 is 1. The lowest BCUT2D eigenvalue weighted by atomic mass is 10.1. The van der Waals surface area contributed by atoms with Crippen LogP contribution in [-0.4, -0.2) is 61.1 Å². The number of H-pyrrole nitrogens is 1. The molecule has 1 aliphatic rings. The zero-order valence-corrected chi connectivity index (χ0v) is 18.8. The Kier molecular flexibility index (Phi) is 6.52. The molecule has 4 rings (SSSR count). The highest BCUT2D eigenvalue weighted by Gasteiger charge is 2.32. The number of esters is 1. The minimum absolute atomic E-state index is 0.165. The maximum absolute atomic E-state index is 13.1. The van der Waals surface area contributed by atoms with Crippen LogP contribution in [0, 0.1) is 0 Å². The van der Waals surface area contributed by atoms with Crippen molar-refractivity contribution in [2.24, 2.45) is 0 Å². The van der Waals surface area contributed by atoms with Crippen molar-refractivity contribution in [3.8, 4) is 0 Å². The van der Waals surface area contributed by atoms with Gasteiger partial charge in [-0.2, -0.15) is 13.2 Å². The van der Waals surface area contributed by atoms with E-state index in [1.807, 2.05) is 21.9 Å². The van der Waals surface area contributed by atoms with Crippen LogP contribution >= 0.6 is 0 Å². The summed E-state index contributed by atoms with van der Waals surface area (Å²) >= 11 is 0. The number of hydrogen-bond donors (Lipinski definition) is 2. The van der Waals surface area contributed by atoms with Gasteiger partial charge >= 0.3 is 12.1 Å². The van der Waals surface area contributed by atoms with Gasteiger partial charge in [0, 0.05) is 42.8 Å². The number of amides is 1. The lowest BCUT2D eigenvalue weighted by Gasteiger charge is -2.38. The number of anilines is 2. The molecule has 180 valence electrons. The van der Waals surface area contributed by atoms with E-state index in [0.29, 0.717) is 48.5 Å². The molecule has 10 heteroatoms. The van der Waals surface area contributed by atoms with Gasteiger partial charge in [-0.15, -0.1) is 0 Å². The zero-order valence-electron chi connectivity index (χ0n) is 18.8. The molecule has 1 amide bonds. The second kappa shape index (κ2) is 9.38. The van der Waals surface area contributed by atoms with E-state index in [9.17, 15) is 22.8 Å². The summed E-state index contributed by atoms with van der Waals surface area (Å²) in [7, 11) is 1.27. The predicted molar refractivity (Wildman–Crippen MR) is 123 cm³/mol. The Bertz CT molecular complexity index is 1200. The van der Waals surface area contributed by atoms with Crippen LogP contribution in [0.2, 0.25) is 0 Å². The Labute approximate surface area is 194 Å². The highest BCUT2D eigenvalue weighted by molar-refractivity contribution is 6.11. The molecule has 0 aliphatic carbocycles. The maximum atomic E-state index is 13.1.